The predicted molar refractivity (Wildman–Crippen MR) is 160 cm³/mol. The van der Waals surface area contributed by atoms with Gasteiger partial charge in [0.1, 0.15) is 5.84 Å². The third-order valence-corrected chi connectivity index (χ3v) is 6.88. The molecule has 2 aliphatic rings. The number of nitrogens with two attached hydrogens (primary N) is 1. The van der Waals surface area contributed by atoms with Gasteiger partial charge in [-0.15, -0.1) is 0 Å². The quantitative estimate of drug-likeness (QED) is 0.241. The predicted octanol–water partition coefficient (Wildman–Crippen LogP) is 3.59. The normalized spacial score (nSPS) is 17.1. The molecule has 206 valence electrons. The second-order valence-electron chi connectivity index (χ2n) is 11.3. The van der Waals surface area contributed by atoms with Crippen LogP contribution in [0.2, 0.25) is 0 Å². The molecule has 3 aromatic carbocycles. The van der Waals surface area contributed by atoms with Crippen LogP contribution in [0.4, 0.5) is 17.1 Å². The summed E-state index contributed by atoms with van der Waals surface area (Å²) < 4.78 is 0.577. The Labute approximate surface area is 234 Å². The Bertz CT molecular complexity index is 1510. The summed E-state index contributed by atoms with van der Waals surface area (Å²) in [5.74, 6) is 0.856. The van der Waals surface area contributed by atoms with Crippen LogP contribution in [0.3, 0.4) is 0 Å². The summed E-state index contributed by atoms with van der Waals surface area (Å²) in [5.41, 5.74) is 13.3. The average molecular weight is 540 g/mol. The minimum absolute atomic E-state index is 0.0125. The lowest BCUT2D eigenvalue weighted by Crippen LogP contribution is -2.49. The van der Waals surface area contributed by atoms with Crippen molar-refractivity contribution in [2.24, 2.45) is 9.98 Å². The zero-order valence-corrected chi connectivity index (χ0v) is 23.2. The fourth-order valence-corrected chi connectivity index (χ4v) is 4.57. The number of anilines is 3. The zero-order valence-electron chi connectivity index (χ0n) is 23.2. The Kier molecular flexibility index (Phi) is 7.03. The molecule has 0 atom stereocenters. The number of amides is 2. The molecular formula is C30H35N8O2+. The third-order valence-electron chi connectivity index (χ3n) is 6.88. The summed E-state index contributed by atoms with van der Waals surface area (Å²) in [6.07, 6.45) is 0.974. The topological polar surface area (TPSA) is 133 Å². The van der Waals surface area contributed by atoms with Gasteiger partial charge in [-0.2, -0.15) is 0 Å². The van der Waals surface area contributed by atoms with Crippen LogP contribution in [0.1, 0.15) is 52.1 Å². The highest BCUT2D eigenvalue weighted by Gasteiger charge is 2.25. The number of benzene rings is 3. The average Bonchev–Trinajstić information content (AvgIpc) is 3.28. The molecule has 0 radical (unpaired) electrons. The summed E-state index contributed by atoms with van der Waals surface area (Å²) >= 11 is 0. The third kappa shape index (κ3) is 5.97. The maximum atomic E-state index is 13.1. The maximum Gasteiger partial charge on any atom is 0.257 e. The smallest absolute Gasteiger partial charge is 0.257 e. The van der Waals surface area contributed by atoms with Crippen LogP contribution in [0.5, 0.6) is 0 Å². The van der Waals surface area contributed by atoms with E-state index in [2.05, 4.69) is 45.2 Å². The molecule has 0 saturated carbocycles. The van der Waals surface area contributed by atoms with Gasteiger partial charge in [-0.25, -0.2) is 15.0 Å². The summed E-state index contributed by atoms with van der Waals surface area (Å²) in [6.45, 7) is 5.71. The van der Waals surface area contributed by atoms with Crippen LogP contribution in [0.25, 0.3) is 0 Å². The van der Waals surface area contributed by atoms with E-state index in [1.54, 1.807) is 18.2 Å². The van der Waals surface area contributed by atoms with Gasteiger partial charge in [0.2, 0.25) is 0 Å². The Balaban J connectivity index is 1.24. The van der Waals surface area contributed by atoms with Crippen molar-refractivity contribution in [1.82, 2.24) is 10.7 Å². The molecule has 40 heavy (non-hydrogen) atoms. The van der Waals surface area contributed by atoms with Gasteiger partial charge in [0.25, 0.3) is 11.8 Å². The van der Waals surface area contributed by atoms with Gasteiger partial charge in [0, 0.05) is 34.6 Å². The molecule has 0 aromatic heterocycles. The van der Waals surface area contributed by atoms with Crippen LogP contribution < -0.4 is 27.1 Å². The molecule has 10 heteroatoms. The Hall–Kier alpha value is -4.70. The number of hydrogen-bond acceptors (Lipinski definition) is 7. The van der Waals surface area contributed by atoms with Crippen molar-refractivity contribution in [3.05, 3.63) is 89.0 Å². The van der Waals surface area contributed by atoms with E-state index < -0.39 is 11.8 Å². The van der Waals surface area contributed by atoms with Crippen LogP contribution in [0.15, 0.2) is 76.7 Å². The Morgan fingerprint density at radius 3 is 1.82 bits per heavy atom. The number of amidine groups is 2. The molecule has 0 saturated heterocycles. The van der Waals surface area contributed by atoms with Crippen molar-refractivity contribution in [3.63, 3.8) is 0 Å². The molecule has 0 spiro atoms. The first kappa shape index (κ1) is 26.9. The van der Waals surface area contributed by atoms with Gasteiger partial charge in [0.15, 0.2) is 12.5 Å². The van der Waals surface area contributed by atoms with Crippen LogP contribution in [-0.2, 0) is 0 Å². The van der Waals surface area contributed by atoms with E-state index in [0.29, 0.717) is 22.6 Å². The standard InChI is InChI=1S/C30H34N8O2/c1-30(2)16-17-32-26(36-30)19-8-12-21(13-9-19)34-28(39)23-6-5-7-24(25(23)31)29(40)35-22-14-10-20(11-15-22)27-33-18-38(3,4)37-27/h5-15H,16-18H2,1-4H3,(H5-,31,32,33,34,35,36,37,39,40)/p+1. The minimum Gasteiger partial charge on any atom is -0.397 e. The van der Waals surface area contributed by atoms with E-state index in [1.807, 2.05) is 62.6 Å². The summed E-state index contributed by atoms with van der Waals surface area (Å²) in [6, 6.07) is 19.7. The molecule has 5 rings (SSSR count). The lowest BCUT2D eigenvalue weighted by atomic mass is 9.98. The SMILES string of the molecule is CC1(C)CCN=C(c2ccc(NC(=O)c3cccc(C(=O)Nc4ccc(C5=NC[N+](C)(C)N5)cc4)c3N)cc2)N1. The molecule has 6 N–H and O–H groups in total. The Morgan fingerprint density at radius 1 is 0.825 bits per heavy atom. The molecule has 2 aliphatic heterocycles. The highest BCUT2D eigenvalue weighted by atomic mass is 16.2. The summed E-state index contributed by atoms with van der Waals surface area (Å²) in [4.78, 5) is 35.2. The van der Waals surface area contributed by atoms with Gasteiger partial charge in [-0.1, -0.05) is 6.07 Å². The minimum atomic E-state index is -0.401. The first-order chi connectivity index (χ1) is 19.0. The number of rotatable bonds is 6. The second kappa shape index (κ2) is 10.5. The van der Waals surface area contributed by atoms with Crippen molar-refractivity contribution >= 4 is 40.5 Å². The number of quaternary nitrogens is 1. The van der Waals surface area contributed by atoms with E-state index in [1.165, 1.54) is 0 Å². The molecular weight excluding hydrogens is 504 g/mol. The lowest BCUT2D eigenvalue weighted by molar-refractivity contribution is -0.917. The number of nitrogen functional groups attached to an aromatic ring is 1. The number of nitrogens with one attached hydrogen (secondary N) is 4. The summed E-state index contributed by atoms with van der Waals surface area (Å²) in [5, 5.41) is 9.19. The van der Waals surface area contributed by atoms with Crippen molar-refractivity contribution in [3.8, 4) is 0 Å². The van der Waals surface area contributed by atoms with Gasteiger partial charge in [-0.3, -0.25) is 14.6 Å². The fourth-order valence-electron chi connectivity index (χ4n) is 4.57. The largest absolute Gasteiger partial charge is 0.397 e. The molecule has 10 nitrogen and oxygen atoms in total. The van der Waals surface area contributed by atoms with E-state index in [4.69, 9.17) is 5.73 Å². The fraction of sp³-hybridized carbons (Fsp3) is 0.267. The van der Waals surface area contributed by atoms with Crippen molar-refractivity contribution in [1.29, 1.82) is 0 Å². The lowest BCUT2D eigenvalue weighted by Gasteiger charge is -2.31. The number of carbonyl (C=O) groups excluding carboxylic acids is 2. The molecule has 2 amide bonds. The van der Waals surface area contributed by atoms with E-state index in [9.17, 15) is 9.59 Å². The number of para-hydroxylation sites is 1. The van der Waals surface area contributed by atoms with E-state index in [-0.39, 0.29) is 22.4 Å². The van der Waals surface area contributed by atoms with Crippen molar-refractivity contribution < 1.29 is 14.2 Å². The molecule has 3 aromatic rings. The van der Waals surface area contributed by atoms with Gasteiger partial charge in [0.05, 0.1) is 30.9 Å². The van der Waals surface area contributed by atoms with Crippen LogP contribution in [-0.4, -0.2) is 60.9 Å². The number of aliphatic imine (C=N–C) groups is 2. The van der Waals surface area contributed by atoms with Crippen molar-refractivity contribution in [2.75, 3.05) is 43.7 Å². The highest BCUT2D eigenvalue weighted by molar-refractivity contribution is 6.14. The molecule has 0 bridgehead atoms. The molecule has 0 unspecified atom stereocenters. The first-order valence-corrected chi connectivity index (χ1v) is 13.2. The van der Waals surface area contributed by atoms with E-state index in [0.717, 1.165) is 35.8 Å². The Morgan fingerprint density at radius 2 is 1.35 bits per heavy atom. The number of hydrogen-bond donors (Lipinski definition) is 5. The monoisotopic (exact) mass is 539 g/mol. The van der Waals surface area contributed by atoms with Crippen LogP contribution >= 0.6 is 0 Å². The number of nitrogens with zero attached hydrogens (tertiary/aromatic N) is 3. The van der Waals surface area contributed by atoms with Gasteiger partial charge < -0.3 is 21.7 Å². The first-order valence-electron chi connectivity index (χ1n) is 13.2. The highest BCUT2D eigenvalue weighted by Crippen LogP contribution is 2.22. The zero-order chi connectivity index (χ0) is 28.5. The molecule has 2 heterocycles. The van der Waals surface area contributed by atoms with E-state index >= 15 is 0 Å². The van der Waals surface area contributed by atoms with Crippen molar-refractivity contribution in [2.45, 2.75) is 25.8 Å². The van der Waals surface area contributed by atoms with Gasteiger partial charge in [-0.05, 0) is 80.9 Å². The van der Waals surface area contributed by atoms with Crippen LogP contribution in [0, 0.1) is 0 Å². The molecule has 0 fully saturated rings. The van der Waals surface area contributed by atoms with Gasteiger partial charge >= 0.3 is 0 Å². The second-order valence-corrected chi connectivity index (χ2v) is 11.3. The summed E-state index contributed by atoms with van der Waals surface area (Å²) in [7, 11) is 4.07. The maximum absolute atomic E-state index is 13.1. The number of carbonyl (C=O) groups is 2. The molecule has 0 aliphatic carbocycles.